The fourth-order valence-electron chi connectivity index (χ4n) is 1.99. The molecule has 1 rings (SSSR count). The smallest absolute Gasteiger partial charge is 0.238 e. The second-order valence-electron chi connectivity index (χ2n) is 5.10. The molecule has 0 radical (unpaired) electrons. The molecule has 0 aliphatic rings. The van der Waals surface area contributed by atoms with Gasteiger partial charge >= 0.3 is 0 Å². The fraction of sp³-hybridized carbons (Fsp3) is 0.533. The van der Waals surface area contributed by atoms with Gasteiger partial charge in [-0.1, -0.05) is 12.1 Å². The number of aliphatic hydroxyl groups excluding tert-OH is 1. The second-order valence-corrected chi connectivity index (χ2v) is 5.10. The molecule has 0 spiro atoms. The molecular weight excluding hydrogens is 256 g/mol. The number of hydrogen-bond donors (Lipinski definition) is 2. The van der Waals surface area contributed by atoms with Gasteiger partial charge in [0.2, 0.25) is 5.91 Å². The first-order chi connectivity index (χ1) is 9.43. The van der Waals surface area contributed by atoms with E-state index < -0.39 is 6.10 Å². The van der Waals surface area contributed by atoms with Gasteiger partial charge in [0.15, 0.2) is 0 Å². The van der Waals surface area contributed by atoms with Crippen LogP contribution < -0.4 is 5.32 Å². The summed E-state index contributed by atoms with van der Waals surface area (Å²) in [6, 6.07) is 5.82. The van der Waals surface area contributed by atoms with Gasteiger partial charge in [-0.15, -0.1) is 0 Å². The van der Waals surface area contributed by atoms with Crippen LogP contribution in [0.3, 0.4) is 0 Å². The van der Waals surface area contributed by atoms with Crippen molar-refractivity contribution in [2.75, 3.05) is 39.2 Å². The lowest BCUT2D eigenvalue weighted by Gasteiger charge is -2.20. The minimum absolute atomic E-state index is 0.0918. The molecule has 0 heterocycles. The number of ether oxygens (including phenoxy) is 1. The quantitative estimate of drug-likeness (QED) is 0.787. The van der Waals surface area contributed by atoms with Crippen molar-refractivity contribution < 1.29 is 14.6 Å². The number of aryl methyl sites for hydroxylation is 1. The first-order valence-electron chi connectivity index (χ1n) is 6.65. The summed E-state index contributed by atoms with van der Waals surface area (Å²) in [5.74, 6) is -0.0918. The number of nitrogens with one attached hydrogen (secondary N) is 1. The maximum Gasteiger partial charge on any atom is 0.238 e. The zero-order valence-corrected chi connectivity index (χ0v) is 12.6. The molecule has 0 aliphatic carbocycles. The van der Waals surface area contributed by atoms with Gasteiger partial charge < -0.3 is 15.2 Å². The number of carbonyl (C=O) groups is 1. The Bertz CT molecular complexity index is 449. The summed E-state index contributed by atoms with van der Waals surface area (Å²) in [6.45, 7) is 4.89. The number of carbonyl (C=O) groups excluding carboxylic acids is 1. The predicted molar refractivity (Wildman–Crippen MR) is 79.9 cm³/mol. The normalized spacial score (nSPS) is 12.5. The van der Waals surface area contributed by atoms with Gasteiger partial charge in [-0.05, 0) is 38.1 Å². The Morgan fingerprint density at radius 1 is 1.45 bits per heavy atom. The van der Waals surface area contributed by atoms with Crippen LogP contribution in [0.15, 0.2) is 18.2 Å². The van der Waals surface area contributed by atoms with Gasteiger partial charge in [-0.25, -0.2) is 0 Å². The molecule has 0 bridgehead atoms. The van der Waals surface area contributed by atoms with E-state index in [4.69, 9.17) is 4.74 Å². The van der Waals surface area contributed by atoms with Crippen molar-refractivity contribution in [1.82, 2.24) is 4.90 Å². The van der Waals surface area contributed by atoms with E-state index in [2.05, 4.69) is 5.32 Å². The number of rotatable bonds is 7. The molecule has 20 heavy (non-hydrogen) atoms. The third-order valence-corrected chi connectivity index (χ3v) is 3.17. The molecule has 2 N–H and O–H groups in total. The van der Waals surface area contributed by atoms with Crippen LogP contribution in [0, 0.1) is 13.8 Å². The Kier molecular flexibility index (Phi) is 6.64. The van der Waals surface area contributed by atoms with E-state index in [1.807, 2.05) is 32.0 Å². The Hall–Kier alpha value is -1.43. The monoisotopic (exact) mass is 280 g/mol. The lowest BCUT2D eigenvalue weighted by molar-refractivity contribution is -0.117. The van der Waals surface area contributed by atoms with Crippen molar-refractivity contribution in [3.63, 3.8) is 0 Å². The van der Waals surface area contributed by atoms with E-state index in [-0.39, 0.29) is 19.1 Å². The molecule has 1 unspecified atom stereocenters. The summed E-state index contributed by atoms with van der Waals surface area (Å²) in [5.41, 5.74) is 3.05. The fourth-order valence-corrected chi connectivity index (χ4v) is 1.99. The Morgan fingerprint density at radius 2 is 2.15 bits per heavy atom. The van der Waals surface area contributed by atoms with Gasteiger partial charge in [0.05, 0.1) is 19.3 Å². The maximum atomic E-state index is 12.0. The first kappa shape index (κ1) is 16.6. The number of likely N-dealkylation sites (N-methyl/N-ethyl adjacent to an activating group) is 1. The van der Waals surface area contributed by atoms with E-state index in [9.17, 15) is 9.90 Å². The number of hydrogen-bond acceptors (Lipinski definition) is 4. The molecule has 0 aliphatic heterocycles. The number of anilines is 1. The summed E-state index contributed by atoms with van der Waals surface area (Å²) in [4.78, 5) is 13.7. The zero-order chi connectivity index (χ0) is 15.1. The molecular formula is C15H24N2O3. The van der Waals surface area contributed by atoms with E-state index >= 15 is 0 Å². The maximum absolute atomic E-state index is 12.0. The van der Waals surface area contributed by atoms with Crippen LogP contribution in [0.25, 0.3) is 0 Å². The van der Waals surface area contributed by atoms with Crippen LogP contribution in [0.4, 0.5) is 5.69 Å². The number of benzene rings is 1. The second kappa shape index (κ2) is 7.99. The first-order valence-corrected chi connectivity index (χ1v) is 6.65. The number of methoxy groups -OCH3 is 1. The standard InChI is InChI=1S/C15H24N2O3/c1-11-6-5-7-14(12(11)2)16-15(19)9-17(3)8-13(18)10-20-4/h5-7,13,18H,8-10H2,1-4H3,(H,16,19). The van der Waals surface area contributed by atoms with Crippen LogP contribution in [0.2, 0.25) is 0 Å². The van der Waals surface area contributed by atoms with Crippen molar-refractivity contribution in [2.45, 2.75) is 20.0 Å². The molecule has 5 nitrogen and oxygen atoms in total. The Labute approximate surface area is 120 Å². The summed E-state index contributed by atoms with van der Waals surface area (Å²) in [6.07, 6.45) is -0.585. The van der Waals surface area contributed by atoms with Gasteiger partial charge in [0, 0.05) is 19.3 Å². The van der Waals surface area contributed by atoms with Gasteiger partial charge in [-0.2, -0.15) is 0 Å². The van der Waals surface area contributed by atoms with Crippen LogP contribution in [-0.2, 0) is 9.53 Å². The molecule has 1 aromatic rings. The predicted octanol–water partition coefficient (Wildman–Crippen LogP) is 1.18. The number of nitrogens with zero attached hydrogens (tertiary/aromatic N) is 1. The summed E-state index contributed by atoms with van der Waals surface area (Å²) >= 11 is 0. The average molecular weight is 280 g/mol. The van der Waals surface area contributed by atoms with Gasteiger partial charge in [-0.3, -0.25) is 9.69 Å². The topological polar surface area (TPSA) is 61.8 Å². The molecule has 112 valence electrons. The Morgan fingerprint density at radius 3 is 2.80 bits per heavy atom. The zero-order valence-electron chi connectivity index (χ0n) is 12.6. The minimum atomic E-state index is -0.585. The summed E-state index contributed by atoms with van der Waals surface area (Å²) < 4.78 is 4.86. The van der Waals surface area contributed by atoms with Crippen molar-refractivity contribution >= 4 is 11.6 Å². The van der Waals surface area contributed by atoms with Crippen LogP contribution >= 0.6 is 0 Å². The van der Waals surface area contributed by atoms with Crippen molar-refractivity contribution in [3.05, 3.63) is 29.3 Å². The Balaban J connectivity index is 2.49. The van der Waals surface area contributed by atoms with Crippen LogP contribution in [-0.4, -0.2) is 55.9 Å². The molecule has 1 atom stereocenters. The highest BCUT2D eigenvalue weighted by Crippen LogP contribution is 2.17. The molecule has 1 amide bonds. The number of aliphatic hydroxyl groups is 1. The largest absolute Gasteiger partial charge is 0.389 e. The van der Waals surface area contributed by atoms with E-state index in [0.717, 1.165) is 16.8 Å². The molecule has 1 aromatic carbocycles. The summed E-state index contributed by atoms with van der Waals surface area (Å²) in [7, 11) is 3.33. The highest BCUT2D eigenvalue weighted by molar-refractivity contribution is 5.93. The SMILES string of the molecule is COCC(O)CN(C)CC(=O)Nc1cccc(C)c1C. The minimum Gasteiger partial charge on any atom is -0.389 e. The molecule has 0 saturated heterocycles. The average Bonchev–Trinajstić information content (AvgIpc) is 2.34. The van der Waals surface area contributed by atoms with Gasteiger partial charge in [0.1, 0.15) is 0 Å². The van der Waals surface area contributed by atoms with Crippen molar-refractivity contribution in [3.8, 4) is 0 Å². The molecule has 5 heteroatoms. The van der Waals surface area contributed by atoms with Crippen molar-refractivity contribution in [1.29, 1.82) is 0 Å². The van der Waals surface area contributed by atoms with E-state index in [1.165, 1.54) is 7.11 Å². The highest BCUT2D eigenvalue weighted by atomic mass is 16.5. The van der Waals surface area contributed by atoms with Gasteiger partial charge in [0.25, 0.3) is 0 Å². The third kappa shape index (κ3) is 5.28. The lowest BCUT2D eigenvalue weighted by Crippen LogP contribution is -2.37. The van der Waals surface area contributed by atoms with E-state index in [0.29, 0.717) is 6.54 Å². The third-order valence-electron chi connectivity index (χ3n) is 3.17. The number of amides is 1. The molecule has 0 aromatic heterocycles. The molecule has 0 fully saturated rings. The summed E-state index contributed by atoms with van der Waals surface area (Å²) in [5, 5.41) is 12.5. The van der Waals surface area contributed by atoms with E-state index in [1.54, 1.807) is 11.9 Å². The molecule has 0 saturated carbocycles. The lowest BCUT2D eigenvalue weighted by atomic mass is 10.1. The highest BCUT2D eigenvalue weighted by Gasteiger charge is 2.12. The van der Waals surface area contributed by atoms with Crippen molar-refractivity contribution in [2.24, 2.45) is 0 Å². The van der Waals surface area contributed by atoms with Crippen LogP contribution in [0.1, 0.15) is 11.1 Å². The van der Waals surface area contributed by atoms with Crippen LogP contribution in [0.5, 0.6) is 0 Å².